The van der Waals surface area contributed by atoms with Crippen molar-refractivity contribution in [1.82, 2.24) is 10.3 Å². The molecule has 2 unspecified atom stereocenters. The van der Waals surface area contributed by atoms with Crippen LogP contribution < -0.4 is 10.1 Å². The van der Waals surface area contributed by atoms with Gasteiger partial charge in [-0.15, -0.1) is 0 Å². The van der Waals surface area contributed by atoms with Gasteiger partial charge in [0.15, 0.2) is 0 Å². The van der Waals surface area contributed by atoms with Crippen LogP contribution in [0, 0.1) is 0 Å². The Morgan fingerprint density at radius 2 is 2.06 bits per heavy atom. The first-order chi connectivity index (χ1) is 8.76. The standard InChI is InChI=1S/C14H24N2O2/c1-5-7-16-14(13(6-2)18-4)11-8-12(17-3)10-15-9-11/h8-10,13-14,16H,5-7H2,1-4H3. The lowest BCUT2D eigenvalue weighted by Crippen LogP contribution is -2.33. The monoisotopic (exact) mass is 252 g/mol. The molecule has 0 saturated carbocycles. The van der Waals surface area contributed by atoms with E-state index in [9.17, 15) is 0 Å². The van der Waals surface area contributed by atoms with E-state index in [1.54, 1.807) is 20.4 Å². The van der Waals surface area contributed by atoms with Gasteiger partial charge in [-0.2, -0.15) is 0 Å². The Balaban J connectivity index is 2.92. The van der Waals surface area contributed by atoms with Crippen LogP contribution in [0.3, 0.4) is 0 Å². The van der Waals surface area contributed by atoms with Crippen molar-refractivity contribution >= 4 is 0 Å². The van der Waals surface area contributed by atoms with Gasteiger partial charge in [0, 0.05) is 13.3 Å². The van der Waals surface area contributed by atoms with E-state index in [4.69, 9.17) is 9.47 Å². The zero-order valence-corrected chi connectivity index (χ0v) is 11.8. The number of rotatable bonds is 8. The molecule has 1 N–H and O–H groups in total. The van der Waals surface area contributed by atoms with Gasteiger partial charge < -0.3 is 14.8 Å². The average molecular weight is 252 g/mol. The van der Waals surface area contributed by atoms with Gasteiger partial charge in [-0.05, 0) is 31.0 Å². The summed E-state index contributed by atoms with van der Waals surface area (Å²) in [6.45, 7) is 5.24. The molecule has 0 aliphatic heterocycles. The van der Waals surface area contributed by atoms with Gasteiger partial charge >= 0.3 is 0 Å². The van der Waals surface area contributed by atoms with Crippen molar-refractivity contribution in [3.05, 3.63) is 24.0 Å². The van der Waals surface area contributed by atoms with E-state index in [1.165, 1.54) is 0 Å². The Morgan fingerprint density at radius 1 is 1.28 bits per heavy atom. The molecule has 18 heavy (non-hydrogen) atoms. The highest BCUT2D eigenvalue weighted by Gasteiger charge is 2.21. The summed E-state index contributed by atoms with van der Waals surface area (Å²) in [6, 6.07) is 2.17. The number of aromatic nitrogens is 1. The van der Waals surface area contributed by atoms with Gasteiger partial charge in [-0.1, -0.05) is 13.8 Å². The molecule has 0 saturated heterocycles. The van der Waals surface area contributed by atoms with Crippen LogP contribution >= 0.6 is 0 Å². The highest BCUT2D eigenvalue weighted by atomic mass is 16.5. The minimum Gasteiger partial charge on any atom is -0.495 e. The number of pyridine rings is 1. The van der Waals surface area contributed by atoms with Gasteiger partial charge in [0.2, 0.25) is 0 Å². The van der Waals surface area contributed by atoms with E-state index in [0.717, 1.165) is 30.7 Å². The van der Waals surface area contributed by atoms with Crippen molar-refractivity contribution < 1.29 is 9.47 Å². The fraction of sp³-hybridized carbons (Fsp3) is 0.643. The molecule has 0 fully saturated rings. The molecule has 0 spiro atoms. The van der Waals surface area contributed by atoms with Crippen LogP contribution in [-0.2, 0) is 4.74 Å². The number of nitrogens with one attached hydrogen (secondary N) is 1. The van der Waals surface area contributed by atoms with E-state index < -0.39 is 0 Å². The summed E-state index contributed by atoms with van der Waals surface area (Å²) in [6.07, 6.45) is 5.78. The summed E-state index contributed by atoms with van der Waals surface area (Å²) >= 11 is 0. The van der Waals surface area contributed by atoms with Crippen molar-refractivity contribution in [2.45, 2.75) is 38.8 Å². The third-order valence-corrected chi connectivity index (χ3v) is 3.02. The largest absolute Gasteiger partial charge is 0.495 e. The maximum absolute atomic E-state index is 5.56. The Kier molecular flexibility index (Phi) is 6.68. The lowest BCUT2D eigenvalue weighted by molar-refractivity contribution is 0.0649. The number of ether oxygens (including phenoxy) is 2. The van der Waals surface area contributed by atoms with Crippen molar-refractivity contribution in [2.24, 2.45) is 0 Å². The normalized spacial score (nSPS) is 14.2. The summed E-state index contributed by atoms with van der Waals surface area (Å²) < 4.78 is 10.8. The van der Waals surface area contributed by atoms with Crippen LogP contribution in [0.2, 0.25) is 0 Å². The predicted octanol–water partition coefficient (Wildman–Crippen LogP) is 2.56. The van der Waals surface area contributed by atoms with Crippen molar-refractivity contribution in [2.75, 3.05) is 20.8 Å². The second-order valence-electron chi connectivity index (χ2n) is 4.27. The van der Waals surface area contributed by atoms with Gasteiger partial charge in [0.25, 0.3) is 0 Å². The molecule has 4 nitrogen and oxygen atoms in total. The molecule has 1 aromatic heterocycles. The highest BCUT2D eigenvalue weighted by molar-refractivity contribution is 5.26. The lowest BCUT2D eigenvalue weighted by Gasteiger charge is -2.26. The smallest absolute Gasteiger partial charge is 0.137 e. The summed E-state index contributed by atoms with van der Waals surface area (Å²) in [4.78, 5) is 4.21. The predicted molar refractivity (Wildman–Crippen MR) is 72.9 cm³/mol. The Bertz CT molecular complexity index is 340. The molecule has 2 atom stereocenters. The third-order valence-electron chi connectivity index (χ3n) is 3.02. The second-order valence-corrected chi connectivity index (χ2v) is 4.27. The molecule has 0 aromatic carbocycles. The molecule has 0 amide bonds. The SMILES string of the molecule is CCCNC(c1cncc(OC)c1)C(CC)OC. The molecule has 102 valence electrons. The lowest BCUT2D eigenvalue weighted by atomic mass is 10.0. The van der Waals surface area contributed by atoms with E-state index in [-0.39, 0.29) is 12.1 Å². The number of methoxy groups -OCH3 is 2. The average Bonchev–Trinajstić information content (AvgIpc) is 2.43. The highest BCUT2D eigenvalue weighted by Crippen LogP contribution is 2.23. The molecule has 1 aromatic rings. The maximum Gasteiger partial charge on any atom is 0.137 e. The third kappa shape index (κ3) is 3.96. The molecular weight excluding hydrogens is 228 g/mol. The molecule has 0 bridgehead atoms. The molecule has 1 rings (SSSR count). The quantitative estimate of drug-likeness (QED) is 0.772. The molecule has 0 aliphatic rings. The first kappa shape index (κ1) is 14.9. The summed E-state index contributed by atoms with van der Waals surface area (Å²) in [7, 11) is 3.41. The Labute approximate surface area is 110 Å². The topological polar surface area (TPSA) is 43.4 Å². The van der Waals surface area contributed by atoms with Gasteiger partial charge in [0.1, 0.15) is 5.75 Å². The summed E-state index contributed by atoms with van der Waals surface area (Å²) in [5.41, 5.74) is 1.11. The van der Waals surface area contributed by atoms with E-state index in [0.29, 0.717) is 0 Å². The number of hydrogen-bond donors (Lipinski definition) is 1. The van der Waals surface area contributed by atoms with Crippen LogP contribution in [0.4, 0.5) is 0 Å². The number of hydrogen-bond acceptors (Lipinski definition) is 4. The number of nitrogens with zero attached hydrogens (tertiary/aromatic N) is 1. The molecule has 1 heterocycles. The minimum absolute atomic E-state index is 0.144. The zero-order valence-electron chi connectivity index (χ0n) is 11.8. The fourth-order valence-corrected chi connectivity index (χ4v) is 2.02. The first-order valence-corrected chi connectivity index (χ1v) is 6.51. The van der Waals surface area contributed by atoms with Gasteiger partial charge in [-0.25, -0.2) is 0 Å². The first-order valence-electron chi connectivity index (χ1n) is 6.51. The van der Waals surface area contributed by atoms with Crippen LogP contribution in [0.25, 0.3) is 0 Å². The van der Waals surface area contributed by atoms with Crippen molar-refractivity contribution in [1.29, 1.82) is 0 Å². The van der Waals surface area contributed by atoms with Gasteiger partial charge in [0.05, 0.1) is 25.5 Å². The molecule has 4 heteroatoms. The maximum atomic E-state index is 5.56. The Morgan fingerprint density at radius 3 is 2.61 bits per heavy atom. The van der Waals surface area contributed by atoms with Crippen LogP contribution in [0.15, 0.2) is 18.5 Å². The minimum atomic E-state index is 0.144. The van der Waals surface area contributed by atoms with Crippen molar-refractivity contribution in [3.8, 4) is 5.75 Å². The summed E-state index contributed by atoms with van der Waals surface area (Å²) in [5, 5.41) is 3.52. The fourth-order valence-electron chi connectivity index (χ4n) is 2.02. The summed E-state index contributed by atoms with van der Waals surface area (Å²) in [5.74, 6) is 0.779. The van der Waals surface area contributed by atoms with E-state index in [2.05, 4.69) is 24.1 Å². The van der Waals surface area contributed by atoms with Crippen LogP contribution in [0.1, 0.15) is 38.3 Å². The van der Waals surface area contributed by atoms with E-state index in [1.807, 2.05) is 12.3 Å². The van der Waals surface area contributed by atoms with Crippen LogP contribution in [0.5, 0.6) is 5.75 Å². The zero-order chi connectivity index (χ0) is 13.4. The molecular formula is C14H24N2O2. The molecule has 0 radical (unpaired) electrons. The van der Waals surface area contributed by atoms with Crippen molar-refractivity contribution in [3.63, 3.8) is 0 Å². The molecule has 0 aliphatic carbocycles. The second kappa shape index (κ2) is 8.06. The van der Waals surface area contributed by atoms with Gasteiger partial charge in [-0.3, -0.25) is 4.98 Å². The van der Waals surface area contributed by atoms with E-state index >= 15 is 0 Å². The van der Waals surface area contributed by atoms with Crippen LogP contribution in [-0.4, -0.2) is 31.9 Å². The Hall–Kier alpha value is -1.13.